The number of benzene rings is 2. The molecule has 0 radical (unpaired) electrons. The Hall–Kier alpha value is -2.43. The molecule has 2 aromatic heterocycles. The predicted molar refractivity (Wildman–Crippen MR) is 101 cm³/mol. The van der Waals surface area contributed by atoms with Crippen molar-refractivity contribution in [3.63, 3.8) is 0 Å². The molecule has 0 saturated carbocycles. The van der Waals surface area contributed by atoms with Crippen LogP contribution in [0.4, 0.5) is 0 Å². The quantitative estimate of drug-likeness (QED) is 0.552. The molecule has 1 unspecified atom stereocenters. The van der Waals surface area contributed by atoms with Gasteiger partial charge in [-0.05, 0) is 46.5 Å². The molecular weight excluding hydrogens is 314 g/mol. The van der Waals surface area contributed by atoms with Crippen LogP contribution in [0.1, 0.15) is 18.7 Å². The summed E-state index contributed by atoms with van der Waals surface area (Å²) in [6.07, 6.45) is 2.06. The molecule has 4 aromatic rings. The van der Waals surface area contributed by atoms with Crippen LogP contribution in [0.3, 0.4) is 0 Å². The Bertz CT molecular complexity index is 926. The van der Waals surface area contributed by atoms with E-state index in [-0.39, 0.29) is 6.17 Å². The molecular formula is C20H19N3S. The zero-order chi connectivity index (χ0) is 16.4. The third-order valence-electron chi connectivity index (χ3n) is 4.26. The first kappa shape index (κ1) is 15.1. The third-order valence-corrected chi connectivity index (χ3v) is 4.95. The molecule has 0 bridgehead atoms. The molecule has 3 nitrogen and oxygen atoms in total. The Morgan fingerprint density at radius 3 is 2.75 bits per heavy atom. The summed E-state index contributed by atoms with van der Waals surface area (Å²) in [5.74, 6) is 0. The summed E-state index contributed by atoms with van der Waals surface area (Å²) in [5, 5.41) is 13.6. The summed E-state index contributed by atoms with van der Waals surface area (Å²) >= 11 is 1.72. The summed E-state index contributed by atoms with van der Waals surface area (Å²) < 4.78 is 2.06. The first-order valence-electron chi connectivity index (χ1n) is 8.08. The zero-order valence-electron chi connectivity index (χ0n) is 13.5. The summed E-state index contributed by atoms with van der Waals surface area (Å²) in [4.78, 5) is 0. The maximum atomic E-state index is 4.59. The van der Waals surface area contributed by atoms with Gasteiger partial charge in [-0.1, -0.05) is 42.5 Å². The van der Waals surface area contributed by atoms with Gasteiger partial charge in [0, 0.05) is 11.9 Å². The molecule has 4 heteroatoms. The lowest BCUT2D eigenvalue weighted by molar-refractivity contribution is 0.410. The largest absolute Gasteiger partial charge is 0.292 e. The first-order valence-corrected chi connectivity index (χ1v) is 9.03. The number of nitrogens with one attached hydrogen (secondary N) is 1. The molecule has 0 spiro atoms. The lowest BCUT2D eigenvalue weighted by atomic mass is 10.1. The summed E-state index contributed by atoms with van der Waals surface area (Å²) in [6, 6.07) is 19.1. The highest BCUT2D eigenvalue weighted by atomic mass is 32.1. The molecule has 2 aromatic carbocycles. The number of hydrogen-bond donors (Lipinski definition) is 1. The molecule has 1 atom stereocenters. The number of fused-ring (bicyclic) bond motifs is 1. The first-order chi connectivity index (χ1) is 11.8. The molecule has 0 aliphatic heterocycles. The van der Waals surface area contributed by atoms with Gasteiger partial charge in [-0.25, -0.2) is 4.68 Å². The lowest BCUT2D eigenvalue weighted by Gasteiger charge is -2.16. The van der Waals surface area contributed by atoms with Gasteiger partial charge in [0.25, 0.3) is 0 Å². The minimum absolute atomic E-state index is 0.125. The minimum Gasteiger partial charge on any atom is -0.292 e. The Morgan fingerprint density at radius 1 is 1.08 bits per heavy atom. The predicted octanol–water partition coefficient (Wildman–Crippen LogP) is 5.07. The Labute approximate surface area is 145 Å². The second-order valence-corrected chi connectivity index (χ2v) is 6.70. The van der Waals surface area contributed by atoms with Crippen molar-refractivity contribution in [2.75, 3.05) is 0 Å². The Balaban J connectivity index is 1.60. The number of nitrogens with zero attached hydrogens (tertiary/aromatic N) is 2. The van der Waals surface area contributed by atoms with E-state index >= 15 is 0 Å². The highest BCUT2D eigenvalue weighted by Crippen LogP contribution is 2.27. The minimum atomic E-state index is 0.125. The van der Waals surface area contributed by atoms with Crippen molar-refractivity contribution in [2.24, 2.45) is 0 Å². The lowest BCUT2D eigenvalue weighted by Crippen LogP contribution is -2.24. The molecule has 1 N–H and O–H groups in total. The normalized spacial score (nSPS) is 12.5. The Kier molecular flexibility index (Phi) is 4.15. The third kappa shape index (κ3) is 2.98. The van der Waals surface area contributed by atoms with Gasteiger partial charge in [0.05, 0.1) is 17.9 Å². The van der Waals surface area contributed by atoms with Crippen LogP contribution in [-0.4, -0.2) is 9.78 Å². The van der Waals surface area contributed by atoms with Crippen molar-refractivity contribution in [3.8, 4) is 11.1 Å². The molecule has 0 aliphatic rings. The molecule has 0 saturated heterocycles. The van der Waals surface area contributed by atoms with Crippen LogP contribution in [-0.2, 0) is 6.54 Å². The van der Waals surface area contributed by atoms with Crippen LogP contribution >= 0.6 is 11.3 Å². The van der Waals surface area contributed by atoms with E-state index in [9.17, 15) is 0 Å². The van der Waals surface area contributed by atoms with Gasteiger partial charge in [0.2, 0.25) is 0 Å². The van der Waals surface area contributed by atoms with Crippen molar-refractivity contribution < 1.29 is 0 Å². The topological polar surface area (TPSA) is 29.9 Å². The second kappa shape index (κ2) is 6.59. The van der Waals surface area contributed by atoms with E-state index in [4.69, 9.17) is 0 Å². The maximum absolute atomic E-state index is 4.59. The number of aromatic nitrogens is 2. The highest BCUT2D eigenvalue weighted by Gasteiger charge is 2.10. The van der Waals surface area contributed by atoms with Crippen molar-refractivity contribution in [3.05, 3.63) is 77.1 Å². The van der Waals surface area contributed by atoms with Crippen LogP contribution < -0.4 is 5.32 Å². The standard InChI is InChI=1S/C20H19N3S/c1-15(21-12-16-5-3-2-4-6-16)23-20-11-17(19-9-10-24-14-19)7-8-18(20)13-22-23/h2-11,13-15,21H,12H2,1H3. The van der Waals surface area contributed by atoms with E-state index in [1.165, 1.54) is 22.1 Å². The highest BCUT2D eigenvalue weighted by molar-refractivity contribution is 7.08. The maximum Gasteiger partial charge on any atom is 0.0994 e. The van der Waals surface area contributed by atoms with E-state index in [0.29, 0.717) is 0 Å². The van der Waals surface area contributed by atoms with Gasteiger partial charge in [-0.2, -0.15) is 16.4 Å². The van der Waals surface area contributed by atoms with E-state index in [1.54, 1.807) is 11.3 Å². The summed E-state index contributed by atoms with van der Waals surface area (Å²) in [6.45, 7) is 2.97. The van der Waals surface area contributed by atoms with Crippen LogP contribution in [0.25, 0.3) is 22.0 Å². The number of thiophene rings is 1. The Morgan fingerprint density at radius 2 is 1.96 bits per heavy atom. The number of rotatable bonds is 5. The molecule has 0 fully saturated rings. The monoisotopic (exact) mass is 333 g/mol. The molecule has 120 valence electrons. The van der Waals surface area contributed by atoms with Crippen LogP contribution in [0, 0.1) is 0 Å². The van der Waals surface area contributed by atoms with Crippen molar-refractivity contribution in [1.29, 1.82) is 0 Å². The second-order valence-electron chi connectivity index (χ2n) is 5.92. The van der Waals surface area contributed by atoms with E-state index in [1.807, 2.05) is 12.3 Å². The van der Waals surface area contributed by atoms with E-state index in [0.717, 1.165) is 12.1 Å². The SMILES string of the molecule is CC(NCc1ccccc1)n1ncc2ccc(-c3ccsc3)cc21. The van der Waals surface area contributed by atoms with E-state index < -0.39 is 0 Å². The van der Waals surface area contributed by atoms with Crippen molar-refractivity contribution >= 4 is 22.2 Å². The molecule has 2 heterocycles. The molecule has 0 aliphatic carbocycles. The number of hydrogen-bond acceptors (Lipinski definition) is 3. The zero-order valence-corrected chi connectivity index (χ0v) is 14.3. The molecule has 4 rings (SSSR count). The van der Waals surface area contributed by atoms with Crippen LogP contribution in [0.2, 0.25) is 0 Å². The fourth-order valence-corrected chi connectivity index (χ4v) is 3.57. The fraction of sp³-hybridized carbons (Fsp3) is 0.150. The van der Waals surface area contributed by atoms with Gasteiger partial charge in [0.1, 0.15) is 0 Å². The van der Waals surface area contributed by atoms with Crippen molar-refractivity contribution in [1.82, 2.24) is 15.1 Å². The molecule has 0 amide bonds. The van der Waals surface area contributed by atoms with Crippen LogP contribution in [0.15, 0.2) is 71.6 Å². The molecule has 24 heavy (non-hydrogen) atoms. The van der Waals surface area contributed by atoms with Gasteiger partial charge >= 0.3 is 0 Å². The van der Waals surface area contributed by atoms with Gasteiger partial charge < -0.3 is 0 Å². The van der Waals surface area contributed by atoms with Gasteiger partial charge in [-0.15, -0.1) is 0 Å². The van der Waals surface area contributed by atoms with Gasteiger partial charge in [-0.3, -0.25) is 5.32 Å². The van der Waals surface area contributed by atoms with Crippen LogP contribution in [0.5, 0.6) is 0 Å². The average Bonchev–Trinajstić information content (AvgIpc) is 3.29. The smallest absolute Gasteiger partial charge is 0.0994 e. The van der Waals surface area contributed by atoms with E-state index in [2.05, 4.69) is 81.3 Å². The average molecular weight is 333 g/mol. The summed E-state index contributed by atoms with van der Waals surface area (Å²) in [7, 11) is 0. The van der Waals surface area contributed by atoms with Crippen molar-refractivity contribution in [2.45, 2.75) is 19.6 Å². The summed E-state index contributed by atoms with van der Waals surface area (Å²) in [5.41, 5.74) is 4.94. The van der Waals surface area contributed by atoms with Gasteiger partial charge in [0.15, 0.2) is 0 Å². The fourth-order valence-electron chi connectivity index (χ4n) is 2.90.